The van der Waals surface area contributed by atoms with Gasteiger partial charge in [-0.1, -0.05) is 0 Å². The Hall–Kier alpha value is -3.55. The molecule has 0 radical (unpaired) electrons. The summed E-state index contributed by atoms with van der Waals surface area (Å²) in [5, 5.41) is 69.5. The zero-order valence-corrected chi connectivity index (χ0v) is 17.7. The standard InChI is InChI=1S/C22H22O12/c1-31-19-11(26)6-10(25)13-15(28)21(18(33-20(13)19)8-2-4-9(24)5-3-8)34-22-17(30)16(29)14(27)12(7-23)32-22/h2-6,12,14,16-17,22-27,29-30H,7H2,1H3/t12?,14-,16?,17?,22-/m1/s1. The molecule has 34 heavy (non-hydrogen) atoms. The van der Waals surface area contributed by atoms with Crippen LogP contribution in [-0.4, -0.2) is 80.2 Å². The Kier molecular flexibility index (Phi) is 6.25. The van der Waals surface area contributed by atoms with Gasteiger partial charge >= 0.3 is 0 Å². The number of methoxy groups -OCH3 is 1. The number of aliphatic hydroxyl groups excluding tert-OH is 4. The van der Waals surface area contributed by atoms with Crippen LogP contribution in [0.3, 0.4) is 0 Å². The van der Waals surface area contributed by atoms with Crippen LogP contribution in [0.5, 0.6) is 28.7 Å². The number of fused-ring (bicyclic) bond motifs is 1. The van der Waals surface area contributed by atoms with Gasteiger partial charge in [-0.2, -0.15) is 0 Å². The number of aliphatic hydroxyl groups is 4. The van der Waals surface area contributed by atoms with Crippen LogP contribution in [0, 0.1) is 0 Å². The van der Waals surface area contributed by atoms with Crippen LogP contribution in [-0.2, 0) is 4.74 Å². The molecule has 3 unspecified atom stereocenters. The van der Waals surface area contributed by atoms with Crippen molar-refractivity contribution in [2.75, 3.05) is 13.7 Å². The van der Waals surface area contributed by atoms with Crippen LogP contribution in [0.2, 0.25) is 0 Å². The Balaban J connectivity index is 1.94. The first kappa shape index (κ1) is 23.6. The van der Waals surface area contributed by atoms with Gasteiger partial charge in [-0.15, -0.1) is 0 Å². The summed E-state index contributed by atoms with van der Waals surface area (Å²) in [6.45, 7) is -0.723. The van der Waals surface area contributed by atoms with Gasteiger partial charge in [0.2, 0.25) is 23.2 Å². The summed E-state index contributed by atoms with van der Waals surface area (Å²) in [5.74, 6) is -2.31. The number of benzene rings is 2. The molecule has 2 heterocycles. The fraction of sp³-hybridized carbons (Fsp3) is 0.318. The van der Waals surface area contributed by atoms with Crippen molar-refractivity contribution >= 4 is 11.0 Å². The van der Waals surface area contributed by atoms with Gasteiger partial charge in [0.15, 0.2) is 17.1 Å². The Labute approximate surface area is 191 Å². The van der Waals surface area contributed by atoms with E-state index in [9.17, 15) is 40.5 Å². The van der Waals surface area contributed by atoms with Crippen LogP contribution in [0.25, 0.3) is 22.3 Å². The second-order valence-corrected chi connectivity index (χ2v) is 7.60. The smallest absolute Gasteiger partial charge is 0.239 e. The minimum absolute atomic E-state index is 0.0869. The summed E-state index contributed by atoms with van der Waals surface area (Å²) >= 11 is 0. The number of hydrogen-bond acceptors (Lipinski definition) is 12. The molecule has 5 atom stereocenters. The Morgan fingerprint density at radius 3 is 2.24 bits per heavy atom. The molecule has 12 heteroatoms. The van der Waals surface area contributed by atoms with Gasteiger partial charge in [0, 0.05) is 11.6 Å². The summed E-state index contributed by atoms with van der Waals surface area (Å²) < 4.78 is 21.8. The highest BCUT2D eigenvalue weighted by Crippen LogP contribution is 2.43. The molecule has 0 amide bonds. The average molecular weight is 478 g/mol. The molecule has 0 spiro atoms. The van der Waals surface area contributed by atoms with Crippen molar-refractivity contribution in [3.63, 3.8) is 0 Å². The normalized spacial score (nSPS) is 24.8. The third kappa shape index (κ3) is 3.87. The molecule has 4 rings (SSSR count). The number of aromatic hydroxyl groups is 3. The fourth-order valence-electron chi connectivity index (χ4n) is 3.68. The zero-order chi connectivity index (χ0) is 24.7. The summed E-state index contributed by atoms with van der Waals surface area (Å²) in [4.78, 5) is 13.4. The second kappa shape index (κ2) is 9.00. The Bertz CT molecular complexity index is 1250. The van der Waals surface area contributed by atoms with Crippen LogP contribution < -0.4 is 14.9 Å². The van der Waals surface area contributed by atoms with Gasteiger partial charge in [0.1, 0.15) is 41.3 Å². The molecule has 1 aliphatic heterocycles. The van der Waals surface area contributed by atoms with E-state index < -0.39 is 65.4 Å². The van der Waals surface area contributed by atoms with E-state index in [0.717, 1.165) is 6.07 Å². The molecule has 3 aromatic rings. The van der Waals surface area contributed by atoms with E-state index in [1.165, 1.54) is 31.4 Å². The summed E-state index contributed by atoms with van der Waals surface area (Å²) in [6.07, 6.45) is -8.29. The van der Waals surface area contributed by atoms with Gasteiger partial charge in [-0.3, -0.25) is 4.79 Å². The fourth-order valence-corrected chi connectivity index (χ4v) is 3.68. The van der Waals surface area contributed by atoms with E-state index in [0.29, 0.717) is 0 Å². The van der Waals surface area contributed by atoms with Crippen molar-refractivity contribution in [1.82, 2.24) is 0 Å². The van der Waals surface area contributed by atoms with Gasteiger partial charge in [-0.05, 0) is 24.3 Å². The molecule has 0 saturated carbocycles. The lowest BCUT2D eigenvalue weighted by molar-refractivity contribution is -0.277. The van der Waals surface area contributed by atoms with Gasteiger partial charge in [-0.25, -0.2) is 0 Å². The average Bonchev–Trinajstić information content (AvgIpc) is 2.81. The summed E-state index contributed by atoms with van der Waals surface area (Å²) in [6, 6.07) is 6.24. The maximum atomic E-state index is 13.4. The maximum absolute atomic E-state index is 13.4. The summed E-state index contributed by atoms with van der Waals surface area (Å²) in [5.41, 5.74) is -1.05. The van der Waals surface area contributed by atoms with Crippen LogP contribution in [0.1, 0.15) is 0 Å². The molecule has 7 N–H and O–H groups in total. The highest BCUT2D eigenvalue weighted by Gasteiger charge is 2.45. The largest absolute Gasteiger partial charge is 0.508 e. The van der Waals surface area contributed by atoms with Crippen molar-refractivity contribution in [1.29, 1.82) is 0 Å². The lowest BCUT2D eigenvalue weighted by Crippen LogP contribution is -2.60. The van der Waals surface area contributed by atoms with Gasteiger partial charge < -0.3 is 54.4 Å². The topological polar surface area (TPSA) is 200 Å². The molecule has 182 valence electrons. The minimum Gasteiger partial charge on any atom is -0.508 e. The van der Waals surface area contributed by atoms with Crippen molar-refractivity contribution in [3.8, 4) is 40.1 Å². The molecule has 12 nitrogen and oxygen atoms in total. The number of phenolic OH excluding ortho intramolecular Hbond substituents is 3. The minimum atomic E-state index is -1.83. The van der Waals surface area contributed by atoms with Crippen LogP contribution in [0.4, 0.5) is 0 Å². The Morgan fingerprint density at radius 2 is 1.62 bits per heavy atom. The quantitative estimate of drug-likeness (QED) is 0.254. The van der Waals surface area contributed by atoms with Crippen molar-refractivity contribution in [2.45, 2.75) is 30.7 Å². The number of rotatable bonds is 5. The SMILES string of the molecule is COc1c(O)cc(O)c2c(=O)c(O[C@H]3OC(CO)[C@@H](O)C(O)C3O)c(-c3ccc(O)cc3)oc12. The third-order valence-electron chi connectivity index (χ3n) is 5.46. The first-order valence-electron chi connectivity index (χ1n) is 10.0. The lowest BCUT2D eigenvalue weighted by atomic mass is 9.99. The van der Waals surface area contributed by atoms with E-state index in [1.807, 2.05) is 0 Å². The molecule has 2 aromatic carbocycles. The first-order valence-corrected chi connectivity index (χ1v) is 10.0. The zero-order valence-electron chi connectivity index (χ0n) is 17.7. The first-order chi connectivity index (χ1) is 16.2. The molecular formula is C22H22O12. The highest BCUT2D eigenvalue weighted by atomic mass is 16.7. The number of phenols is 3. The molecule has 1 fully saturated rings. The van der Waals surface area contributed by atoms with E-state index in [2.05, 4.69) is 0 Å². The highest BCUT2D eigenvalue weighted by molar-refractivity contribution is 5.93. The maximum Gasteiger partial charge on any atom is 0.239 e. The molecule has 0 bridgehead atoms. The van der Waals surface area contributed by atoms with E-state index >= 15 is 0 Å². The second-order valence-electron chi connectivity index (χ2n) is 7.60. The predicted octanol–water partition coefficient (Wildman–Crippen LogP) is -0.236. The van der Waals surface area contributed by atoms with Crippen LogP contribution in [0.15, 0.2) is 39.5 Å². The number of ether oxygens (including phenoxy) is 3. The predicted molar refractivity (Wildman–Crippen MR) is 114 cm³/mol. The van der Waals surface area contributed by atoms with Crippen molar-refractivity contribution < 1.29 is 54.4 Å². The Morgan fingerprint density at radius 1 is 0.941 bits per heavy atom. The van der Waals surface area contributed by atoms with E-state index in [-0.39, 0.29) is 28.4 Å². The molecular weight excluding hydrogens is 456 g/mol. The van der Waals surface area contributed by atoms with Crippen molar-refractivity contribution in [3.05, 3.63) is 40.6 Å². The van der Waals surface area contributed by atoms with E-state index in [4.69, 9.17) is 18.6 Å². The van der Waals surface area contributed by atoms with E-state index in [1.54, 1.807) is 0 Å². The molecule has 1 aliphatic rings. The van der Waals surface area contributed by atoms with Gasteiger partial charge in [0.05, 0.1) is 13.7 Å². The van der Waals surface area contributed by atoms with Gasteiger partial charge in [0.25, 0.3) is 0 Å². The molecule has 1 saturated heterocycles. The number of hydrogen-bond donors (Lipinski definition) is 7. The lowest BCUT2D eigenvalue weighted by Gasteiger charge is -2.39. The summed E-state index contributed by atoms with van der Waals surface area (Å²) in [7, 11) is 1.21. The van der Waals surface area contributed by atoms with Crippen LogP contribution >= 0.6 is 0 Å². The third-order valence-corrected chi connectivity index (χ3v) is 5.46. The molecule has 0 aliphatic carbocycles. The van der Waals surface area contributed by atoms with Crippen molar-refractivity contribution in [2.24, 2.45) is 0 Å². The molecule has 1 aromatic heterocycles. The monoisotopic (exact) mass is 478 g/mol.